The fraction of sp³-hybridized carbons (Fsp3) is 0.688. The van der Waals surface area contributed by atoms with Gasteiger partial charge in [0, 0.05) is 25.5 Å². The zero-order valence-corrected chi connectivity index (χ0v) is 14.2. The molecule has 3 atom stereocenters. The molecule has 0 saturated carbocycles. The second kappa shape index (κ2) is 7.25. The van der Waals surface area contributed by atoms with E-state index >= 15 is 0 Å². The smallest absolute Gasteiger partial charge is 0.214 e. The summed E-state index contributed by atoms with van der Waals surface area (Å²) in [5.41, 5.74) is 0.981. The van der Waals surface area contributed by atoms with Gasteiger partial charge in [-0.05, 0) is 30.9 Å². The Kier molecular flexibility index (Phi) is 5.31. The Hall–Kier alpha value is -1.02. The third-order valence-electron chi connectivity index (χ3n) is 4.44. The molecule has 6 nitrogen and oxygen atoms in total. The molecule has 0 bridgehead atoms. The lowest BCUT2D eigenvalue weighted by Crippen LogP contribution is -2.44. The number of aromatic nitrogens is 1. The van der Waals surface area contributed by atoms with Crippen LogP contribution in [0.3, 0.4) is 0 Å². The Labute approximate surface area is 137 Å². The van der Waals surface area contributed by atoms with Gasteiger partial charge < -0.3 is 9.47 Å². The van der Waals surface area contributed by atoms with E-state index in [1.165, 1.54) is 0 Å². The molecular formula is C16H24N2O4S. The van der Waals surface area contributed by atoms with E-state index in [1.54, 1.807) is 16.7 Å². The highest BCUT2D eigenvalue weighted by Crippen LogP contribution is 2.33. The Balaban J connectivity index is 1.71. The second-order valence-electron chi connectivity index (χ2n) is 6.14. The summed E-state index contributed by atoms with van der Waals surface area (Å²) in [6.07, 6.45) is 5.48. The summed E-state index contributed by atoms with van der Waals surface area (Å²) >= 11 is 0. The van der Waals surface area contributed by atoms with Gasteiger partial charge in [0.15, 0.2) is 0 Å². The predicted molar refractivity (Wildman–Crippen MR) is 86.4 cm³/mol. The molecule has 0 amide bonds. The normalized spacial score (nSPS) is 28.7. The fourth-order valence-electron chi connectivity index (χ4n) is 3.40. The van der Waals surface area contributed by atoms with Crippen LogP contribution in [0.4, 0.5) is 0 Å². The van der Waals surface area contributed by atoms with Crippen LogP contribution in [0, 0.1) is 0 Å². The van der Waals surface area contributed by atoms with Gasteiger partial charge >= 0.3 is 0 Å². The van der Waals surface area contributed by atoms with Crippen LogP contribution < -0.4 is 0 Å². The van der Waals surface area contributed by atoms with Crippen molar-refractivity contribution in [2.75, 3.05) is 18.9 Å². The molecule has 1 aromatic heterocycles. The molecule has 128 valence electrons. The zero-order chi connectivity index (χ0) is 16.3. The van der Waals surface area contributed by atoms with Crippen LogP contribution in [0.5, 0.6) is 0 Å². The van der Waals surface area contributed by atoms with Crippen LogP contribution in [0.25, 0.3) is 0 Å². The lowest BCUT2D eigenvalue weighted by molar-refractivity contribution is -0.0802. The van der Waals surface area contributed by atoms with Crippen molar-refractivity contribution in [3.05, 3.63) is 30.1 Å². The molecular weight excluding hydrogens is 316 g/mol. The summed E-state index contributed by atoms with van der Waals surface area (Å²) in [5, 5.41) is 0. The molecule has 1 aromatic rings. The van der Waals surface area contributed by atoms with E-state index in [0.29, 0.717) is 26.2 Å². The number of pyridine rings is 1. The van der Waals surface area contributed by atoms with Crippen LogP contribution in [-0.4, -0.2) is 54.9 Å². The number of fused-ring (bicyclic) bond motifs is 1. The van der Waals surface area contributed by atoms with Crippen molar-refractivity contribution in [2.45, 2.75) is 51.0 Å². The van der Waals surface area contributed by atoms with Crippen molar-refractivity contribution in [1.29, 1.82) is 0 Å². The zero-order valence-electron chi connectivity index (χ0n) is 13.4. The minimum atomic E-state index is -3.24. The van der Waals surface area contributed by atoms with Gasteiger partial charge in [0.05, 0.1) is 24.5 Å². The molecule has 7 heteroatoms. The summed E-state index contributed by atoms with van der Waals surface area (Å²) < 4.78 is 38.5. The van der Waals surface area contributed by atoms with E-state index in [1.807, 2.05) is 19.1 Å². The molecule has 2 aliphatic rings. The maximum atomic E-state index is 12.5. The quantitative estimate of drug-likeness (QED) is 0.786. The Morgan fingerprint density at radius 3 is 3.09 bits per heavy atom. The van der Waals surface area contributed by atoms with E-state index in [-0.39, 0.29) is 24.0 Å². The summed E-state index contributed by atoms with van der Waals surface area (Å²) in [4.78, 5) is 4.07. The molecule has 0 radical (unpaired) electrons. The molecule has 0 spiro atoms. The highest BCUT2D eigenvalue weighted by molar-refractivity contribution is 7.89. The standard InChI is InChI=1S/C16H24N2O4S/c1-2-9-23(19,20)18-11-15(16-14(18)6-4-8-21-16)22-12-13-5-3-7-17-10-13/h3,5,7,10,14-16H,2,4,6,8-9,11-12H2,1H3/t14-,15-,16+/m0/s1. The van der Waals surface area contributed by atoms with Crippen LogP contribution in [0.15, 0.2) is 24.5 Å². The van der Waals surface area contributed by atoms with Gasteiger partial charge in [-0.25, -0.2) is 8.42 Å². The van der Waals surface area contributed by atoms with Gasteiger partial charge in [0.1, 0.15) is 6.10 Å². The first-order valence-electron chi connectivity index (χ1n) is 8.23. The van der Waals surface area contributed by atoms with E-state index in [0.717, 1.165) is 18.4 Å². The van der Waals surface area contributed by atoms with Crippen molar-refractivity contribution in [3.8, 4) is 0 Å². The molecule has 3 heterocycles. The van der Waals surface area contributed by atoms with Crippen molar-refractivity contribution in [3.63, 3.8) is 0 Å². The Bertz CT molecular complexity index is 608. The number of ether oxygens (including phenoxy) is 2. The van der Waals surface area contributed by atoms with E-state index in [9.17, 15) is 8.42 Å². The van der Waals surface area contributed by atoms with Gasteiger partial charge in [-0.1, -0.05) is 13.0 Å². The lowest BCUT2D eigenvalue weighted by atomic mass is 10.0. The van der Waals surface area contributed by atoms with Gasteiger partial charge in [-0.3, -0.25) is 4.98 Å². The first-order valence-corrected chi connectivity index (χ1v) is 9.84. The maximum absolute atomic E-state index is 12.5. The van der Waals surface area contributed by atoms with E-state index in [4.69, 9.17) is 9.47 Å². The minimum absolute atomic E-state index is 0.0841. The largest absolute Gasteiger partial charge is 0.374 e. The Morgan fingerprint density at radius 1 is 1.48 bits per heavy atom. The molecule has 2 aliphatic heterocycles. The maximum Gasteiger partial charge on any atom is 0.214 e. The summed E-state index contributed by atoms with van der Waals surface area (Å²) in [6, 6.07) is 3.73. The monoisotopic (exact) mass is 340 g/mol. The van der Waals surface area contributed by atoms with E-state index in [2.05, 4.69) is 4.98 Å². The van der Waals surface area contributed by atoms with Crippen molar-refractivity contribution < 1.29 is 17.9 Å². The number of rotatable bonds is 6. The number of nitrogens with zero attached hydrogens (tertiary/aromatic N) is 2. The lowest BCUT2D eigenvalue weighted by Gasteiger charge is -2.31. The van der Waals surface area contributed by atoms with Crippen molar-refractivity contribution in [2.24, 2.45) is 0 Å². The topological polar surface area (TPSA) is 68.7 Å². The Morgan fingerprint density at radius 2 is 2.35 bits per heavy atom. The molecule has 2 fully saturated rings. The predicted octanol–water partition coefficient (Wildman–Crippen LogP) is 1.57. The fourth-order valence-corrected chi connectivity index (χ4v) is 5.16. The van der Waals surface area contributed by atoms with Crippen LogP contribution in [0.2, 0.25) is 0 Å². The highest BCUT2D eigenvalue weighted by Gasteiger charge is 2.48. The SMILES string of the molecule is CCCS(=O)(=O)N1C[C@H](OCc2cccnc2)[C@@H]2OCCC[C@@H]21. The van der Waals surface area contributed by atoms with Crippen LogP contribution in [0.1, 0.15) is 31.7 Å². The van der Waals surface area contributed by atoms with Gasteiger partial charge in [0.2, 0.25) is 10.0 Å². The molecule has 3 rings (SSSR count). The third-order valence-corrected chi connectivity index (χ3v) is 6.49. The summed E-state index contributed by atoms with van der Waals surface area (Å²) in [5.74, 6) is 0.186. The molecule has 0 aromatic carbocycles. The first kappa shape index (κ1) is 16.8. The number of hydrogen-bond acceptors (Lipinski definition) is 5. The van der Waals surface area contributed by atoms with Crippen molar-refractivity contribution in [1.82, 2.24) is 9.29 Å². The van der Waals surface area contributed by atoms with Gasteiger partial charge in [-0.2, -0.15) is 4.31 Å². The van der Waals surface area contributed by atoms with Gasteiger partial charge in [0.25, 0.3) is 0 Å². The molecule has 23 heavy (non-hydrogen) atoms. The summed E-state index contributed by atoms with van der Waals surface area (Å²) in [7, 11) is -3.24. The van der Waals surface area contributed by atoms with Gasteiger partial charge in [-0.15, -0.1) is 0 Å². The molecule has 0 aliphatic carbocycles. The average Bonchev–Trinajstić information content (AvgIpc) is 2.94. The average molecular weight is 340 g/mol. The minimum Gasteiger partial charge on any atom is -0.374 e. The first-order chi connectivity index (χ1) is 11.1. The molecule has 0 unspecified atom stereocenters. The number of sulfonamides is 1. The number of hydrogen-bond donors (Lipinski definition) is 0. The van der Waals surface area contributed by atoms with Crippen molar-refractivity contribution >= 4 is 10.0 Å². The highest BCUT2D eigenvalue weighted by atomic mass is 32.2. The second-order valence-corrected chi connectivity index (χ2v) is 8.18. The van der Waals surface area contributed by atoms with Crippen LogP contribution in [-0.2, 0) is 26.1 Å². The molecule has 2 saturated heterocycles. The van der Waals surface area contributed by atoms with E-state index < -0.39 is 10.0 Å². The summed E-state index contributed by atoms with van der Waals surface area (Å²) in [6.45, 7) is 3.37. The molecule has 0 N–H and O–H groups in total. The third kappa shape index (κ3) is 3.74. The van der Waals surface area contributed by atoms with Crippen LogP contribution >= 0.6 is 0 Å².